The number of likely N-dealkylation sites (N-methyl/N-ethyl adjacent to an activating group) is 1. The molecule has 0 fully saturated rings. The molecule has 0 radical (unpaired) electrons. The molecule has 0 bridgehead atoms. The summed E-state index contributed by atoms with van der Waals surface area (Å²) in [5.74, 6) is 0. The zero-order chi connectivity index (χ0) is 34.5. The number of carbonyl (C=O) groups is 1. The van der Waals surface area contributed by atoms with Gasteiger partial charge in [0.2, 0.25) is 0 Å². The van der Waals surface area contributed by atoms with Gasteiger partial charge in [0.25, 0.3) is 0 Å². The number of hydrogen-bond acceptors (Lipinski definition) is 2. The van der Waals surface area contributed by atoms with Gasteiger partial charge in [0.05, 0.1) is 21.1 Å². The second-order valence-corrected chi connectivity index (χ2v) is 14.7. The number of quaternary nitrogens is 1. The lowest BCUT2D eigenvalue weighted by atomic mass is 10.00. The van der Waals surface area contributed by atoms with Crippen LogP contribution in [0.3, 0.4) is 0 Å². The number of nitrogens with one attached hydrogen (secondary N) is 1. The standard InChI is InChI=1S/C43H80N2O2/c1-6-8-10-12-14-16-18-20-22-24-26-28-30-32-34-36-38-42(44-43(46)47-41-40-45(3,4)5)39-37-35-33-31-29-27-25-23-21-19-17-15-13-11-9-7-2/h14-17,20-23,42H,6-13,18-19,24-41H2,1-5H3/p+1/b16-14-,17-15-,22-20-,23-21-. The van der Waals surface area contributed by atoms with Gasteiger partial charge in [0, 0.05) is 6.04 Å². The zero-order valence-corrected chi connectivity index (χ0v) is 32.3. The quantitative estimate of drug-likeness (QED) is 0.0425. The molecule has 0 aromatic rings. The zero-order valence-electron chi connectivity index (χ0n) is 32.3. The first-order valence-electron chi connectivity index (χ1n) is 20.2. The molecule has 0 aromatic carbocycles. The van der Waals surface area contributed by atoms with Gasteiger partial charge < -0.3 is 14.5 Å². The van der Waals surface area contributed by atoms with Crippen molar-refractivity contribution in [2.45, 2.75) is 187 Å². The van der Waals surface area contributed by atoms with Crippen LogP contribution in [-0.2, 0) is 4.74 Å². The second kappa shape index (κ2) is 35.5. The summed E-state index contributed by atoms with van der Waals surface area (Å²) in [6.45, 7) is 5.82. The molecule has 1 amide bonds. The van der Waals surface area contributed by atoms with Crippen LogP contribution >= 0.6 is 0 Å². The van der Waals surface area contributed by atoms with Crippen molar-refractivity contribution in [1.29, 1.82) is 0 Å². The van der Waals surface area contributed by atoms with Crippen molar-refractivity contribution >= 4 is 6.09 Å². The minimum absolute atomic E-state index is 0.233. The van der Waals surface area contributed by atoms with E-state index >= 15 is 0 Å². The number of hydrogen-bond donors (Lipinski definition) is 1. The molecule has 0 saturated heterocycles. The van der Waals surface area contributed by atoms with Crippen molar-refractivity contribution in [1.82, 2.24) is 5.32 Å². The number of alkyl carbamates (subject to hydrolysis) is 1. The molecular formula is C43H81N2O2+. The SMILES string of the molecule is CCCCC/C=C\C/C=C\CCCCCCCCC(CCCCCCCC/C=C\C/C=C\CCCCC)NC(=O)OCC[N+](C)(C)C. The molecule has 0 spiro atoms. The Morgan fingerprint density at radius 1 is 0.532 bits per heavy atom. The molecule has 4 heteroatoms. The van der Waals surface area contributed by atoms with Crippen LogP contribution in [0.15, 0.2) is 48.6 Å². The summed E-state index contributed by atoms with van der Waals surface area (Å²) in [5, 5.41) is 3.21. The van der Waals surface area contributed by atoms with Gasteiger partial charge in [-0.05, 0) is 77.0 Å². The Kier molecular flexibility index (Phi) is 34.1. The van der Waals surface area contributed by atoms with Gasteiger partial charge in [-0.2, -0.15) is 0 Å². The van der Waals surface area contributed by atoms with Crippen LogP contribution in [0.25, 0.3) is 0 Å². The monoisotopic (exact) mass is 658 g/mol. The molecule has 47 heavy (non-hydrogen) atoms. The van der Waals surface area contributed by atoms with E-state index in [4.69, 9.17) is 4.74 Å². The van der Waals surface area contributed by atoms with Gasteiger partial charge >= 0.3 is 6.09 Å². The largest absolute Gasteiger partial charge is 0.444 e. The number of unbranched alkanes of at least 4 members (excludes halogenated alkanes) is 18. The Morgan fingerprint density at radius 3 is 1.28 bits per heavy atom. The Morgan fingerprint density at radius 2 is 0.894 bits per heavy atom. The van der Waals surface area contributed by atoms with Crippen LogP contribution in [0.5, 0.6) is 0 Å². The van der Waals surface area contributed by atoms with Crippen LogP contribution in [0.1, 0.15) is 181 Å². The van der Waals surface area contributed by atoms with E-state index in [0.29, 0.717) is 6.61 Å². The van der Waals surface area contributed by atoms with Crippen LogP contribution in [0, 0.1) is 0 Å². The van der Waals surface area contributed by atoms with Gasteiger partial charge in [-0.1, -0.05) is 152 Å². The third-order valence-electron chi connectivity index (χ3n) is 8.82. The smallest absolute Gasteiger partial charge is 0.407 e. The van der Waals surface area contributed by atoms with Crippen LogP contribution < -0.4 is 5.32 Å². The van der Waals surface area contributed by atoms with E-state index in [1.807, 2.05) is 0 Å². The second-order valence-electron chi connectivity index (χ2n) is 14.7. The minimum atomic E-state index is -0.233. The number of allylic oxidation sites excluding steroid dienone is 8. The Bertz CT molecular complexity index is 729. The predicted molar refractivity (Wildman–Crippen MR) is 209 cm³/mol. The van der Waals surface area contributed by atoms with E-state index in [0.717, 1.165) is 36.7 Å². The highest BCUT2D eigenvalue weighted by Crippen LogP contribution is 2.16. The molecule has 0 heterocycles. The predicted octanol–water partition coefficient (Wildman–Crippen LogP) is 13.2. The third kappa shape index (κ3) is 38.5. The average molecular weight is 658 g/mol. The Hall–Kier alpha value is -1.81. The lowest BCUT2D eigenvalue weighted by Crippen LogP contribution is -2.40. The van der Waals surface area contributed by atoms with Gasteiger partial charge in [-0.3, -0.25) is 0 Å². The summed E-state index contributed by atoms with van der Waals surface area (Å²) in [4.78, 5) is 12.5. The maximum Gasteiger partial charge on any atom is 0.407 e. The Balaban J connectivity index is 4.09. The summed E-state index contributed by atoms with van der Waals surface area (Å²) in [6.07, 6.45) is 51.0. The number of carbonyl (C=O) groups excluding carboxylic acids is 1. The van der Waals surface area contributed by atoms with E-state index in [9.17, 15) is 4.79 Å². The van der Waals surface area contributed by atoms with Gasteiger partial charge in [0.15, 0.2) is 0 Å². The molecule has 0 rings (SSSR count). The first-order chi connectivity index (χ1) is 22.9. The molecule has 0 aliphatic carbocycles. The summed E-state index contributed by atoms with van der Waals surface area (Å²) in [6, 6.07) is 0.239. The summed E-state index contributed by atoms with van der Waals surface area (Å²) in [5.41, 5.74) is 0. The maximum atomic E-state index is 12.5. The van der Waals surface area contributed by atoms with E-state index in [-0.39, 0.29) is 12.1 Å². The fourth-order valence-corrected chi connectivity index (χ4v) is 5.67. The maximum absolute atomic E-state index is 12.5. The number of amides is 1. The summed E-state index contributed by atoms with van der Waals surface area (Å²) < 4.78 is 6.33. The van der Waals surface area contributed by atoms with Crippen LogP contribution in [0.2, 0.25) is 0 Å². The molecule has 0 saturated carbocycles. The topological polar surface area (TPSA) is 38.3 Å². The van der Waals surface area contributed by atoms with Crippen LogP contribution in [-0.4, -0.2) is 50.9 Å². The third-order valence-corrected chi connectivity index (χ3v) is 8.82. The molecule has 0 aromatic heterocycles. The normalized spacial score (nSPS) is 12.6. The van der Waals surface area contributed by atoms with Crippen molar-refractivity contribution in [3.8, 4) is 0 Å². The molecule has 0 aliphatic heterocycles. The molecule has 1 N–H and O–H groups in total. The Labute approximate surface area is 294 Å². The van der Waals surface area contributed by atoms with Gasteiger partial charge in [-0.25, -0.2) is 4.79 Å². The molecule has 0 atom stereocenters. The fraction of sp³-hybridized carbons (Fsp3) is 0.791. The molecule has 0 unspecified atom stereocenters. The average Bonchev–Trinajstić information content (AvgIpc) is 3.03. The van der Waals surface area contributed by atoms with Crippen molar-refractivity contribution in [2.24, 2.45) is 0 Å². The molecule has 0 aliphatic rings. The van der Waals surface area contributed by atoms with Crippen molar-refractivity contribution in [3.05, 3.63) is 48.6 Å². The highest BCUT2D eigenvalue weighted by Gasteiger charge is 2.14. The highest BCUT2D eigenvalue weighted by atomic mass is 16.5. The summed E-state index contributed by atoms with van der Waals surface area (Å²) >= 11 is 0. The van der Waals surface area contributed by atoms with Gasteiger partial charge in [-0.15, -0.1) is 0 Å². The molecule has 274 valence electrons. The molecular weight excluding hydrogens is 576 g/mol. The van der Waals surface area contributed by atoms with Crippen LogP contribution in [0.4, 0.5) is 4.79 Å². The lowest BCUT2D eigenvalue weighted by Gasteiger charge is -2.24. The first kappa shape index (κ1) is 45.2. The van der Waals surface area contributed by atoms with Gasteiger partial charge in [0.1, 0.15) is 13.2 Å². The molecule has 4 nitrogen and oxygen atoms in total. The van der Waals surface area contributed by atoms with Crippen molar-refractivity contribution in [2.75, 3.05) is 34.3 Å². The lowest BCUT2D eigenvalue weighted by molar-refractivity contribution is -0.870. The summed E-state index contributed by atoms with van der Waals surface area (Å²) in [7, 11) is 6.38. The van der Waals surface area contributed by atoms with Crippen molar-refractivity contribution in [3.63, 3.8) is 0 Å². The number of nitrogens with zero attached hydrogens (tertiary/aromatic N) is 1. The van der Waals surface area contributed by atoms with E-state index in [2.05, 4.69) is 88.9 Å². The first-order valence-corrected chi connectivity index (χ1v) is 20.2. The van der Waals surface area contributed by atoms with E-state index in [1.165, 1.54) is 141 Å². The highest BCUT2D eigenvalue weighted by molar-refractivity contribution is 5.67. The fourth-order valence-electron chi connectivity index (χ4n) is 5.67. The number of ether oxygens (including phenoxy) is 1. The number of rotatable bonds is 34. The van der Waals surface area contributed by atoms with Crippen molar-refractivity contribution < 1.29 is 14.0 Å². The van der Waals surface area contributed by atoms with E-state index < -0.39 is 0 Å². The van der Waals surface area contributed by atoms with E-state index in [1.54, 1.807) is 0 Å². The minimum Gasteiger partial charge on any atom is -0.444 e.